The van der Waals surface area contributed by atoms with Crippen LogP contribution in [0.2, 0.25) is 0 Å². The summed E-state index contributed by atoms with van der Waals surface area (Å²) in [6, 6.07) is 7.37. The van der Waals surface area contributed by atoms with Crippen molar-refractivity contribution in [3.63, 3.8) is 0 Å². The summed E-state index contributed by atoms with van der Waals surface area (Å²) in [5.41, 5.74) is 7.66. The maximum Gasteiger partial charge on any atom is 0.137 e. The monoisotopic (exact) mass is 395 g/mol. The molecule has 3 fully saturated rings. The first-order valence-corrected chi connectivity index (χ1v) is 11.4. The largest absolute Gasteiger partial charge is 0.399 e. The molecule has 2 aliphatic heterocycles. The number of anilines is 2. The zero-order valence-corrected chi connectivity index (χ0v) is 17.2. The molecule has 3 heterocycles. The lowest BCUT2D eigenvalue weighted by Gasteiger charge is -2.49. The Balaban J connectivity index is 1.17. The molecule has 156 valence electrons. The minimum absolute atomic E-state index is 0.715. The Morgan fingerprint density at radius 1 is 1.10 bits per heavy atom. The number of benzene rings is 1. The van der Waals surface area contributed by atoms with Gasteiger partial charge in [-0.3, -0.25) is 4.90 Å². The second kappa shape index (κ2) is 8.44. The van der Waals surface area contributed by atoms with E-state index in [1.165, 1.54) is 51.5 Å². The molecule has 1 saturated carbocycles. The normalized spacial score (nSPS) is 30.8. The summed E-state index contributed by atoms with van der Waals surface area (Å²) in [6.07, 6.45) is 10.8. The van der Waals surface area contributed by atoms with E-state index in [9.17, 15) is 0 Å². The topological polar surface area (TPSA) is 76.3 Å². The average Bonchev–Trinajstić information content (AvgIpc) is 2.78. The van der Waals surface area contributed by atoms with Crippen LogP contribution in [0.4, 0.5) is 11.5 Å². The molecule has 1 aliphatic carbocycles. The molecule has 1 aromatic heterocycles. The van der Waals surface area contributed by atoms with Gasteiger partial charge in [-0.2, -0.15) is 0 Å². The summed E-state index contributed by atoms with van der Waals surface area (Å²) in [4.78, 5) is 11.7. The summed E-state index contributed by atoms with van der Waals surface area (Å²) in [5.74, 6) is 2.40. The van der Waals surface area contributed by atoms with Gasteiger partial charge in [0.1, 0.15) is 12.1 Å². The van der Waals surface area contributed by atoms with Crippen LogP contribution in [-0.2, 0) is 4.74 Å². The number of fused-ring (bicyclic) bond motifs is 2. The van der Waals surface area contributed by atoms with E-state index in [0.29, 0.717) is 5.92 Å². The van der Waals surface area contributed by atoms with Gasteiger partial charge in [-0.05, 0) is 81.5 Å². The second-order valence-corrected chi connectivity index (χ2v) is 9.13. The van der Waals surface area contributed by atoms with E-state index in [0.717, 1.165) is 60.2 Å². The molecular formula is C23H33N5O. The highest BCUT2D eigenvalue weighted by molar-refractivity contribution is 5.91. The summed E-state index contributed by atoms with van der Waals surface area (Å²) in [7, 11) is 0. The molecule has 0 spiro atoms. The molecular weight excluding hydrogens is 362 g/mol. The zero-order chi connectivity index (χ0) is 19.6. The number of aromatic nitrogens is 2. The van der Waals surface area contributed by atoms with Crippen molar-refractivity contribution >= 4 is 22.4 Å². The van der Waals surface area contributed by atoms with Crippen molar-refractivity contribution in [1.29, 1.82) is 0 Å². The molecule has 2 aromatic rings. The predicted octanol–water partition coefficient (Wildman–Crippen LogP) is 3.68. The molecule has 6 nitrogen and oxygen atoms in total. The first-order chi connectivity index (χ1) is 14.3. The highest BCUT2D eigenvalue weighted by atomic mass is 16.5. The fraction of sp³-hybridized carbons (Fsp3) is 0.652. The number of nitrogens with one attached hydrogen (secondary N) is 1. The van der Waals surface area contributed by atoms with Gasteiger partial charge in [0.25, 0.3) is 0 Å². The minimum Gasteiger partial charge on any atom is -0.399 e. The third-order valence-corrected chi connectivity index (χ3v) is 7.35. The standard InChI is InChI=1S/C23H33N5O/c24-18-5-8-21-20(12-18)23(27-15-26-21)25-13-16-3-6-19(7-4-16)28-10-1-2-17-14-29-11-9-22(17)28/h5,8,12,15-17,19,22H,1-4,6-7,9-11,13-14,24H2,(H,25,26,27)/t16-,17?,19-,22?. The third kappa shape index (κ3) is 4.05. The van der Waals surface area contributed by atoms with E-state index >= 15 is 0 Å². The van der Waals surface area contributed by atoms with E-state index in [2.05, 4.69) is 20.2 Å². The lowest BCUT2D eigenvalue weighted by atomic mass is 9.80. The number of nitrogen functional groups attached to an aromatic ring is 1. The molecule has 2 saturated heterocycles. The highest BCUT2D eigenvalue weighted by Gasteiger charge is 2.38. The van der Waals surface area contributed by atoms with Crippen LogP contribution in [0.5, 0.6) is 0 Å². The second-order valence-electron chi connectivity index (χ2n) is 9.13. The Bertz CT molecular complexity index is 833. The Hall–Kier alpha value is -1.92. The van der Waals surface area contributed by atoms with Crippen LogP contribution in [0.25, 0.3) is 10.9 Å². The summed E-state index contributed by atoms with van der Waals surface area (Å²) < 4.78 is 5.75. The van der Waals surface area contributed by atoms with Crippen LogP contribution in [0.15, 0.2) is 24.5 Å². The summed E-state index contributed by atoms with van der Waals surface area (Å²) >= 11 is 0. The molecule has 29 heavy (non-hydrogen) atoms. The van der Waals surface area contributed by atoms with Crippen LogP contribution in [-0.4, -0.2) is 53.3 Å². The third-order valence-electron chi connectivity index (χ3n) is 7.35. The molecule has 2 unspecified atom stereocenters. The SMILES string of the molecule is Nc1ccc2ncnc(NC[C@H]3CC[C@H](N4CCCC5COCCC54)CC3)c2c1. The zero-order valence-electron chi connectivity index (χ0n) is 17.2. The van der Waals surface area contributed by atoms with Gasteiger partial charge in [-0.15, -0.1) is 0 Å². The molecule has 0 radical (unpaired) electrons. The molecule has 3 N–H and O–H groups in total. The van der Waals surface area contributed by atoms with Crippen molar-refractivity contribution in [3.8, 4) is 0 Å². The highest BCUT2D eigenvalue weighted by Crippen LogP contribution is 2.36. The molecule has 2 atom stereocenters. The van der Waals surface area contributed by atoms with Gasteiger partial charge in [0, 0.05) is 36.3 Å². The van der Waals surface area contributed by atoms with Gasteiger partial charge in [-0.1, -0.05) is 0 Å². The van der Waals surface area contributed by atoms with E-state index in [4.69, 9.17) is 10.5 Å². The van der Waals surface area contributed by atoms with Gasteiger partial charge >= 0.3 is 0 Å². The predicted molar refractivity (Wildman–Crippen MR) is 117 cm³/mol. The first-order valence-electron chi connectivity index (χ1n) is 11.4. The molecule has 3 aliphatic rings. The smallest absolute Gasteiger partial charge is 0.137 e. The fourth-order valence-corrected chi connectivity index (χ4v) is 5.79. The van der Waals surface area contributed by atoms with Crippen LogP contribution in [0.1, 0.15) is 44.9 Å². The van der Waals surface area contributed by atoms with Gasteiger partial charge in [0.15, 0.2) is 0 Å². The van der Waals surface area contributed by atoms with Gasteiger partial charge in [0.05, 0.1) is 12.1 Å². The lowest BCUT2D eigenvalue weighted by Crippen LogP contribution is -2.54. The van der Waals surface area contributed by atoms with Crippen LogP contribution >= 0.6 is 0 Å². The number of piperidine rings is 1. The average molecular weight is 396 g/mol. The molecule has 6 heteroatoms. The Morgan fingerprint density at radius 2 is 2.00 bits per heavy atom. The number of nitrogens with two attached hydrogens (primary N) is 1. The summed E-state index contributed by atoms with van der Waals surface area (Å²) in [6.45, 7) is 4.21. The fourth-order valence-electron chi connectivity index (χ4n) is 5.79. The number of ether oxygens (including phenoxy) is 1. The molecule has 0 bridgehead atoms. The van der Waals surface area contributed by atoms with Crippen molar-refractivity contribution < 1.29 is 4.74 Å². The molecule has 5 rings (SSSR count). The van der Waals surface area contributed by atoms with E-state index < -0.39 is 0 Å². The number of rotatable bonds is 4. The van der Waals surface area contributed by atoms with Crippen molar-refractivity contribution in [2.75, 3.05) is 37.4 Å². The number of hydrogen-bond acceptors (Lipinski definition) is 6. The Labute approximate surface area is 173 Å². The van der Waals surface area contributed by atoms with Crippen molar-refractivity contribution in [2.24, 2.45) is 11.8 Å². The van der Waals surface area contributed by atoms with Crippen molar-refractivity contribution in [1.82, 2.24) is 14.9 Å². The van der Waals surface area contributed by atoms with E-state index in [-0.39, 0.29) is 0 Å². The van der Waals surface area contributed by atoms with Crippen molar-refractivity contribution in [3.05, 3.63) is 24.5 Å². The number of likely N-dealkylation sites (tertiary alicyclic amines) is 1. The number of hydrogen-bond donors (Lipinski definition) is 2. The Kier molecular flexibility index (Phi) is 5.55. The van der Waals surface area contributed by atoms with E-state index in [1.54, 1.807) is 6.33 Å². The lowest BCUT2D eigenvalue weighted by molar-refractivity contribution is -0.0576. The van der Waals surface area contributed by atoms with Gasteiger partial charge in [0.2, 0.25) is 0 Å². The quantitative estimate of drug-likeness (QED) is 0.769. The molecule has 1 aromatic carbocycles. The van der Waals surface area contributed by atoms with Crippen molar-refractivity contribution in [2.45, 2.75) is 57.0 Å². The first kappa shape index (κ1) is 19.1. The van der Waals surface area contributed by atoms with Crippen LogP contribution in [0.3, 0.4) is 0 Å². The molecule has 0 amide bonds. The maximum absolute atomic E-state index is 5.97. The van der Waals surface area contributed by atoms with Gasteiger partial charge in [-0.25, -0.2) is 9.97 Å². The summed E-state index contributed by atoms with van der Waals surface area (Å²) in [5, 5.41) is 4.60. The van der Waals surface area contributed by atoms with Crippen LogP contribution in [0, 0.1) is 11.8 Å². The Morgan fingerprint density at radius 3 is 2.90 bits per heavy atom. The van der Waals surface area contributed by atoms with Gasteiger partial charge < -0.3 is 15.8 Å². The number of nitrogens with zero attached hydrogens (tertiary/aromatic N) is 3. The van der Waals surface area contributed by atoms with E-state index in [1.807, 2.05) is 18.2 Å². The minimum atomic E-state index is 0.715. The van der Waals surface area contributed by atoms with Crippen LogP contribution < -0.4 is 11.1 Å². The maximum atomic E-state index is 5.97.